The first-order valence-corrected chi connectivity index (χ1v) is 23.8. The first-order valence-electron chi connectivity index (χ1n) is 23.8. The topological polar surface area (TPSA) is 129 Å². The third-order valence-electron chi connectivity index (χ3n) is 16.7. The number of hydrogen-bond acceptors (Lipinski definition) is 8. The second kappa shape index (κ2) is 13.6. The van der Waals surface area contributed by atoms with E-state index in [1.165, 1.54) is 22.3 Å². The summed E-state index contributed by atoms with van der Waals surface area (Å²) in [4.78, 5) is 0. The number of nitrogens with one attached hydrogen (secondary N) is 4. The largest absolute Gasteiger partial charge is 0.392 e. The molecule has 15 rings (SSSR count). The summed E-state index contributed by atoms with van der Waals surface area (Å²) in [7, 11) is 0. The van der Waals surface area contributed by atoms with Crippen molar-refractivity contribution in [3.05, 3.63) is 226 Å². The number of benzene rings is 9. The number of anilines is 4. The smallest absolute Gasteiger partial charge is 0.162 e. The van der Waals surface area contributed by atoms with Crippen molar-refractivity contribution >= 4 is 44.3 Å². The lowest BCUT2D eigenvalue weighted by molar-refractivity contribution is -0.0798. The summed E-state index contributed by atoms with van der Waals surface area (Å²) in [6.45, 7) is 0. The molecule has 4 atom stereocenters. The Balaban J connectivity index is 0.727. The zero-order valence-electron chi connectivity index (χ0n) is 36.7. The fraction of sp³-hybridized carbons (Fsp3) is 0.167. The summed E-state index contributed by atoms with van der Waals surface area (Å²) < 4.78 is 0. The van der Waals surface area contributed by atoms with Crippen molar-refractivity contribution in [3.63, 3.8) is 0 Å². The molecule has 0 aromatic heterocycles. The van der Waals surface area contributed by atoms with Crippen LogP contribution in [0.3, 0.4) is 0 Å². The van der Waals surface area contributed by atoms with Crippen LogP contribution in [0.25, 0.3) is 43.8 Å². The van der Waals surface area contributed by atoms with E-state index >= 15 is 0 Å². The molecule has 0 amide bonds. The standard InChI is InChI=1S/C60H46N4O4/c65-55-49(56(66)51(55)39-29-27-31-11-9-21-45-47(31)53(39)63-59(61-45)41-17-5-1-13-35(41)36-14-2-6-18-42(36)59)33-23-25-34(26-24-33)50-57(67)52(58(50)68)40-30-28-32-12-10-22-46-48(32)54(40)64-60(62-46)43-19-7-3-15-37(43)38-16-4-8-20-44(38)60/h1-30,49-52,55-58,61-68H. The number of aliphatic hydroxyl groups is 4. The molecule has 9 aromatic rings. The lowest BCUT2D eigenvalue weighted by Gasteiger charge is -2.50. The second-order valence-electron chi connectivity index (χ2n) is 19.8. The summed E-state index contributed by atoms with van der Waals surface area (Å²) in [5.41, 5.74) is 14.9. The van der Waals surface area contributed by atoms with Crippen LogP contribution in [0.15, 0.2) is 182 Å². The molecule has 330 valence electrons. The highest BCUT2D eigenvalue weighted by Gasteiger charge is 2.55. The number of hydrogen-bond donors (Lipinski definition) is 8. The van der Waals surface area contributed by atoms with E-state index in [4.69, 9.17) is 0 Å². The Morgan fingerprint density at radius 3 is 1.00 bits per heavy atom. The van der Waals surface area contributed by atoms with E-state index in [2.05, 4.69) is 179 Å². The maximum atomic E-state index is 12.1. The van der Waals surface area contributed by atoms with E-state index in [1.807, 2.05) is 24.3 Å². The van der Waals surface area contributed by atoms with E-state index in [0.717, 1.165) is 88.8 Å². The highest BCUT2D eigenvalue weighted by molar-refractivity contribution is 6.09. The van der Waals surface area contributed by atoms with E-state index in [1.54, 1.807) is 0 Å². The maximum absolute atomic E-state index is 12.1. The van der Waals surface area contributed by atoms with Gasteiger partial charge in [-0.25, -0.2) is 0 Å². The van der Waals surface area contributed by atoms with E-state index in [0.29, 0.717) is 0 Å². The molecule has 0 bridgehead atoms. The van der Waals surface area contributed by atoms with Crippen LogP contribution < -0.4 is 21.3 Å². The third kappa shape index (κ3) is 4.82. The normalized spacial score (nSPS) is 25.5. The first kappa shape index (κ1) is 38.6. The molecule has 2 spiro atoms. The van der Waals surface area contributed by atoms with Gasteiger partial charge >= 0.3 is 0 Å². The lowest BCUT2D eigenvalue weighted by Crippen LogP contribution is -2.53. The van der Waals surface area contributed by atoms with Crippen LogP contribution in [0.1, 0.15) is 68.2 Å². The molecule has 8 N–H and O–H groups in total. The fourth-order valence-corrected chi connectivity index (χ4v) is 13.5. The van der Waals surface area contributed by atoms with Crippen molar-refractivity contribution < 1.29 is 20.4 Å². The molecular formula is C60H46N4O4. The molecule has 0 radical (unpaired) electrons. The zero-order chi connectivity index (χ0) is 45.2. The predicted octanol–water partition coefficient (Wildman–Crippen LogP) is 10.6. The maximum Gasteiger partial charge on any atom is 0.162 e. The Bertz CT molecular complexity index is 3280. The molecule has 2 aliphatic heterocycles. The van der Waals surface area contributed by atoms with Crippen LogP contribution in [-0.2, 0) is 11.3 Å². The lowest BCUT2D eigenvalue weighted by atomic mass is 9.61. The van der Waals surface area contributed by atoms with Gasteiger partial charge in [0.2, 0.25) is 0 Å². The number of fused-ring (bicyclic) bond motifs is 10. The van der Waals surface area contributed by atoms with Crippen molar-refractivity contribution in [2.75, 3.05) is 21.3 Å². The van der Waals surface area contributed by atoms with Gasteiger partial charge in [-0.2, -0.15) is 0 Å². The third-order valence-corrected chi connectivity index (χ3v) is 16.7. The van der Waals surface area contributed by atoms with Crippen LogP contribution in [0.5, 0.6) is 0 Å². The van der Waals surface area contributed by atoms with E-state index in [-0.39, 0.29) is 0 Å². The van der Waals surface area contributed by atoms with Crippen molar-refractivity contribution in [2.45, 2.75) is 59.4 Å². The minimum atomic E-state index is -0.851. The molecule has 8 heteroatoms. The van der Waals surface area contributed by atoms with Crippen molar-refractivity contribution in [2.24, 2.45) is 0 Å². The summed E-state index contributed by atoms with van der Waals surface area (Å²) in [5.74, 6) is -2.10. The van der Waals surface area contributed by atoms with Crippen LogP contribution in [0.2, 0.25) is 0 Å². The van der Waals surface area contributed by atoms with Crippen LogP contribution >= 0.6 is 0 Å². The van der Waals surface area contributed by atoms with Crippen molar-refractivity contribution in [1.82, 2.24) is 0 Å². The Hall–Kier alpha value is -7.46. The van der Waals surface area contributed by atoms with Crippen LogP contribution in [0, 0.1) is 0 Å². The average Bonchev–Trinajstić information content (AvgIpc) is 3.79. The quantitative estimate of drug-likeness (QED) is 0.0878. The first-order chi connectivity index (χ1) is 33.3. The summed E-state index contributed by atoms with van der Waals surface area (Å²) in [6, 6.07) is 62.6. The highest BCUT2D eigenvalue weighted by atomic mass is 16.3. The average molecular weight is 887 g/mol. The Morgan fingerprint density at radius 1 is 0.309 bits per heavy atom. The number of aliphatic hydroxyl groups excluding tert-OH is 4. The highest BCUT2D eigenvalue weighted by Crippen LogP contribution is 2.60. The van der Waals surface area contributed by atoms with Gasteiger partial charge < -0.3 is 41.7 Å². The Labute approximate surface area is 392 Å². The molecule has 0 saturated heterocycles. The van der Waals surface area contributed by atoms with Gasteiger partial charge in [0.25, 0.3) is 0 Å². The monoisotopic (exact) mass is 886 g/mol. The minimum Gasteiger partial charge on any atom is -0.392 e. The van der Waals surface area contributed by atoms with E-state index < -0.39 is 59.4 Å². The molecule has 8 nitrogen and oxygen atoms in total. The molecule has 4 unspecified atom stereocenters. The molecule has 6 aliphatic rings. The molecule has 4 aliphatic carbocycles. The van der Waals surface area contributed by atoms with E-state index in [9.17, 15) is 20.4 Å². The van der Waals surface area contributed by atoms with Gasteiger partial charge in [0, 0.05) is 68.1 Å². The van der Waals surface area contributed by atoms with Crippen molar-refractivity contribution in [1.29, 1.82) is 0 Å². The van der Waals surface area contributed by atoms with Gasteiger partial charge in [-0.15, -0.1) is 0 Å². The van der Waals surface area contributed by atoms with Gasteiger partial charge in [-0.3, -0.25) is 0 Å². The van der Waals surface area contributed by atoms with Gasteiger partial charge in [-0.05, 0) is 67.4 Å². The predicted molar refractivity (Wildman–Crippen MR) is 269 cm³/mol. The van der Waals surface area contributed by atoms with Crippen molar-refractivity contribution in [3.8, 4) is 22.3 Å². The van der Waals surface area contributed by atoms with Gasteiger partial charge in [0.05, 0.1) is 35.8 Å². The van der Waals surface area contributed by atoms with Gasteiger partial charge in [0.15, 0.2) is 11.3 Å². The molecule has 2 fully saturated rings. The second-order valence-corrected chi connectivity index (χ2v) is 19.8. The fourth-order valence-electron chi connectivity index (χ4n) is 13.5. The summed E-state index contributed by atoms with van der Waals surface area (Å²) in [6.07, 6.45) is -3.41. The Morgan fingerprint density at radius 2 is 0.647 bits per heavy atom. The molecule has 2 heterocycles. The van der Waals surface area contributed by atoms with Gasteiger partial charge in [0.1, 0.15) is 0 Å². The molecular weight excluding hydrogens is 841 g/mol. The minimum absolute atomic E-state index is 0.516. The van der Waals surface area contributed by atoms with Crippen LogP contribution in [-0.4, -0.2) is 44.8 Å². The summed E-state index contributed by atoms with van der Waals surface area (Å²) in [5, 5.41) is 68.4. The molecule has 9 aromatic carbocycles. The SMILES string of the molecule is OC1C(c2ccc(C3C(O)C(c4ccc5cccc6c5c4NC4(N6)c5ccccc5-c5ccccc54)C3O)cc2)C(O)C1c1ccc2cccc3c2c1NC1(N3)c2ccccc2-c2ccccc21. The molecule has 68 heavy (non-hydrogen) atoms. The number of rotatable bonds is 4. The zero-order valence-corrected chi connectivity index (χ0v) is 36.7. The Kier molecular flexibility index (Phi) is 7.72. The summed E-state index contributed by atoms with van der Waals surface area (Å²) >= 11 is 0. The van der Waals surface area contributed by atoms with Gasteiger partial charge in [-0.1, -0.05) is 170 Å². The van der Waals surface area contributed by atoms with Crippen LogP contribution in [0.4, 0.5) is 22.7 Å². The molecule has 2 saturated carbocycles.